The predicted octanol–water partition coefficient (Wildman–Crippen LogP) is 3.83. The zero-order chi connectivity index (χ0) is 12.1. The molecule has 2 unspecified atom stereocenters. The molecule has 0 aliphatic heterocycles. The van der Waals surface area contributed by atoms with Crippen molar-refractivity contribution in [1.82, 2.24) is 0 Å². The van der Waals surface area contributed by atoms with Crippen LogP contribution in [0.3, 0.4) is 0 Å². The number of ether oxygens (including phenoxy) is 1. The quantitative estimate of drug-likeness (QED) is 0.623. The molecule has 0 heterocycles. The molecule has 0 spiro atoms. The van der Waals surface area contributed by atoms with Crippen LogP contribution in [0.15, 0.2) is 24.3 Å². The summed E-state index contributed by atoms with van der Waals surface area (Å²) in [7, 11) is 0. The first-order chi connectivity index (χ1) is 8.28. The van der Waals surface area contributed by atoms with Crippen molar-refractivity contribution in [2.24, 2.45) is 5.92 Å². The summed E-state index contributed by atoms with van der Waals surface area (Å²) in [6, 6.07) is 7.29. The van der Waals surface area contributed by atoms with E-state index in [-0.39, 0.29) is 0 Å². The van der Waals surface area contributed by atoms with E-state index in [2.05, 4.69) is 15.9 Å². The molecule has 1 aromatic rings. The highest BCUT2D eigenvalue weighted by molar-refractivity contribution is 9.09. The summed E-state index contributed by atoms with van der Waals surface area (Å²) in [6.07, 6.45) is 5.87. The van der Waals surface area contributed by atoms with Crippen molar-refractivity contribution in [1.29, 1.82) is 0 Å². The third-order valence-electron chi connectivity index (χ3n) is 3.22. The Labute approximate surface area is 110 Å². The zero-order valence-corrected chi connectivity index (χ0v) is 11.4. The Hall–Kier alpha value is -0.830. The number of hydrogen-bond acceptors (Lipinski definition) is 2. The molecular formula is C14H17BrO2. The van der Waals surface area contributed by atoms with Crippen molar-refractivity contribution in [3.8, 4) is 5.75 Å². The number of aldehydes is 1. The molecule has 17 heavy (non-hydrogen) atoms. The van der Waals surface area contributed by atoms with Crippen LogP contribution in [0.2, 0.25) is 0 Å². The lowest BCUT2D eigenvalue weighted by Crippen LogP contribution is -2.21. The van der Waals surface area contributed by atoms with Crippen molar-refractivity contribution in [2.45, 2.75) is 30.5 Å². The van der Waals surface area contributed by atoms with Crippen LogP contribution in [0.25, 0.3) is 0 Å². The molecule has 0 bridgehead atoms. The van der Waals surface area contributed by atoms with Gasteiger partial charge in [0.25, 0.3) is 0 Å². The minimum Gasteiger partial charge on any atom is -0.493 e. The van der Waals surface area contributed by atoms with Crippen molar-refractivity contribution >= 4 is 22.2 Å². The molecular weight excluding hydrogens is 280 g/mol. The average Bonchev–Trinajstić information content (AvgIpc) is 2.37. The molecule has 92 valence electrons. The molecule has 1 fully saturated rings. The van der Waals surface area contributed by atoms with Gasteiger partial charge in [-0.2, -0.15) is 0 Å². The van der Waals surface area contributed by atoms with Crippen LogP contribution >= 0.6 is 15.9 Å². The Morgan fingerprint density at radius 1 is 1.29 bits per heavy atom. The molecule has 1 aromatic carbocycles. The standard InChI is InChI=1S/C14H17BrO2/c15-13-3-1-2-12(8-13)10-17-14-6-4-11(9-16)5-7-14/h4-7,9,12-13H,1-3,8,10H2. The van der Waals surface area contributed by atoms with E-state index < -0.39 is 0 Å². The van der Waals surface area contributed by atoms with Crippen LogP contribution in [-0.4, -0.2) is 17.7 Å². The first-order valence-corrected chi connectivity index (χ1v) is 7.01. The average molecular weight is 297 g/mol. The lowest BCUT2D eigenvalue weighted by Gasteiger charge is -2.25. The summed E-state index contributed by atoms with van der Waals surface area (Å²) >= 11 is 3.68. The molecule has 2 rings (SSSR count). The first-order valence-electron chi connectivity index (χ1n) is 6.10. The Bertz CT molecular complexity index is 361. The Balaban J connectivity index is 1.82. The molecule has 2 atom stereocenters. The molecule has 3 heteroatoms. The minimum absolute atomic E-state index is 0.652. The molecule has 1 aliphatic carbocycles. The van der Waals surface area contributed by atoms with Crippen LogP contribution in [0, 0.1) is 5.92 Å². The number of carbonyl (C=O) groups is 1. The van der Waals surface area contributed by atoms with Gasteiger partial charge in [-0.15, -0.1) is 0 Å². The molecule has 0 aromatic heterocycles. The molecule has 1 saturated carbocycles. The molecule has 0 amide bonds. The maximum Gasteiger partial charge on any atom is 0.150 e. The van der Waals surface area contributed by atoms with E-state index in [1.807, 2.05) is 12.1 Å². The molecule has 2 nitrogen and oxygen atoms in total. The fourth-order valence-electron chi connectivity index (χ4n) is 2.23. The minimum atomic E-state index is 0.652. The van der Waals surface area contributed by atoms with Gasteiger partial charge >= 0.3 is 0 Å². The van der Waals surface area contributed by atoms with Crippen molar-refractivity contribution < 1.29 is 9.53 Å². The fraction of sp³-hybridized carbons (Fsp3) is 0.500. The lowest BCUT2D eigenvalue weighted by molar-refractivity contribution is 0.112. The van der Waals surface area contributed by atoms with Gasteiger partial charge in [-0.25, -0.2) is 0 Å². The summed E-state index contributed by atoms with van der Waals surface area (Å²) < 4.78 is 5.76. The SMILES string of the molecule is O=Cc1ccc(OCC2CCCC(Br)C2)cc1. The molecule has 0 N–H and O–H groups in total. The number of carbonyl (C=O) groups excluding carboxylic acids is 1. The number of hydrogen-bond donors (Lipinski definition) is 0. The van der Waals surface area contributed by atoms with Gasteiger partial charge in [0.15, 0.2) is 0 Å². The second kappa shape index (κ2) is 6.20. The van der Waals surface area contributed by atoms with Crippen LogP contribution in [0.4, 0.5) is 0 Å². The predicted molar refractivity (Wildman–Crippen MR) is 72.0 cm³/mol. The Morgan fingerprint density at radius 3 is 2.71 bits per heavy atom. The van der Waals surface area contributed by atoms with Gasteiger partial charge in [0, 0.05) is 10.4 Å². The van der Waals surface area contributed by atoms with Crippen LogP contribution in [-0.2, 0) is 0 Å². The summed E-state index contributed by atoms with van der Waals surface area (Å²) in [5, 5.41) is 0. The molecule has 1 aliphatic rings. The Kier molecular flexibility index (Phi) is 4.60. The summed E-state index contributed by atoms with van der Waals surface area (Å²) in [6.45, 7) is 0.780. The zero-order valence-electron chi connectivity index (χ0n) is 9.77. The largest absolute Gasteiger partial charge is 0.493 e. The number of halogens is 1. The topological polar surface area (TPSA) is 26.3 Å². The Morgan fingerprint density at radius 2 is 2.06 bits per heavy atom. The summed E-state index contributed by atoms with van der Waals surface area (Å²) in [4.78, 5) is 11.2. The third-order valence-corrected chi connectivity index (χ3v) is 4.05. The smallest absolute Gasteiger partial charge is 0.150 e. The highest BCUT2D eigenvalue weighted by Gasteiger charge is 2.20. The molecule has 0 saturated heterocycles. The van der Waals surface area contributed by atoms with Crippen molar-refractivity contribution in [3.05, 3.63) is 29.8 Å². The maximum atomic E-state index is 10.5. The van der Waals surface area contributed by atoms with Gasteiger partial charge in [-0.05, 0) is 49.4 Å². The summed E-state index contributed by atoms with van der Waals surface area (Å²) in [5.74, 6) is 1.51. The van der Waals surface area contributed by atoms with Gasteiger partial charge in [0.05, 0.1) is 6.61 Å². The second-order valence-corrected chi connectivity index (χ2v) is 5.92. The van der Waals surface area contributed by atoms with E-state index in [0.717, 1.165) is 18.6 Å². The first kappa shape index (κ1) is 12.6. The number of alkyl halides is 1. The van der Waals surface area contributed by atoms with E-state index in [1.165, 1.54) is 25.7 Å². The number of rotatable bonds is 4. The van der Waals surface area contributed by atoms with Gasteiger partial charge in [-0.1, -0.05) is 22.4 Å². The monoisotopic (exact) mass is 296 g/mol. The molecule has 0 radical (unpaired) electrons. The third kappa shape index (κ3) is 3.84. The van der Waals surface area contributed by atoms with Crippen molar-refractivity contribution in [2.75, 3.05) is 6.61 Å². The van der Waals surface area contributed by atoms with E-state index in [0.29, 0.717) is 16.3 Å². The van der Waals surface area contributed by atoms with Crippen molar-refractivity contribution in [3.63, 3.8) is 0 Å². The van der Waals surface area contributed by atoms with Crippen LogP contribution in [0.1, 0.15) is 36.0 Å². The van der Waals surface area contributed by atoms with E-state index in [1.54, 1.807) is 12.1 Å². The van der Waals surface area contributed by atoms with Gasteiger partial charge in [-0.3, -0.25) is 4.79 Å². The maximum absolute atomic E-state index is 10.5. The lowest BCUT2D eigenvalue weighted by atomic mass is 9.90. The highest BCUT2D eigenvalue weighted by atomic mass is 79.9. The van der Waals surface area contributed by atoms with Gasteiger partial charge in [0.2, 0.25) is 0 Å². The van der Waals surface area contributed by atoms with E-state index >= 15 is 0 Å². The highest BCUT2D eigenvalue weighted by Crippen LogP contribution is 2.29. The van der Waals surface area contributed by atoms with Gasteiger partial charge < -0.3 is 4.74 Å². The second-order valence-electron chi connectivity index (χ2n) is 4.63. The normalized spacial score (nSPS) is 24.3. The fourth-order valence-corrected chi connectivity index (χ4v) is 3.09. The number of benzene rings is 1. The van der Waals surface area contributed by atoms with Crippen LogP contribution < -0.4 is 4.74 Å². The van der Waals surface area contributed by atoms with E-state index in [4.69, 9.17) is 4.74 Å². The van der Waals surface area contributed by atoms with Crippen LogP contribution in [0.5, 0.6) is 5.75 Å². The van der Waals surface area contributed by atoms with E-state index in [9.17, 15) is 4.79 Å². The van der Waals surface area contributed by atoms with Gasteiger partial charge in [0.1, 0.15) is 12.0 Å². The summed E-state index contributed by atoms with van der Waals surface area (Å²) in [5.41, 5.74) is 0.690.